The van der Waals surface area contributed by atoms with Gasteiger partial charge in [0.1, 0.15) is 0 Å². The van der Waals surface area contributed by atoms with Crippen LogP contribution < -0.4 is 10.6 Å². The van der Waals surface area contributed by atoms with Crippen LogP contribution in [-0.4, -0.2) is 15.8 Å². The molecule has 1 aromatic heterocycles. The lowest BCUT2D eigenvalue weighted by atomic mass is 10.1. The second-order valence-electron chi connectivity index (χ2n) is 5.76. The van der Waals surface area contributed by atoms with Crippen molar-refractivity contribution in [1.29, 1.82) is 0 Å². The third-order valence-corrected chi connectivity index (χ3v) is 4.48. The van der Waals surface area contributed by atoms with E-state index in [1.807, 2.05) is 66.3 Å². The molecular formula is C19H19BrN4O. The number of carbonyl (C=O) groups excluding carboxylic acids is 1. The predicted octanol–water partition coefficient (Wildman–Crippen LogP) is 4.32. The fourth-order valence-corrected chi connectivity index (χ4v) is 3.11. The monoisotopic (exact) mass is 398 g/mol. The van der Waals surface area contributed by atoms with Crippen LogP contribution in [0.2, 0.25) is 0 Å². The van der Waals surface area contributed by atoms with Gasteiger partial charge in [0.25, 0.3) is 0 Å². The van der Waals surface area contributed by atoms with E-state index in [2.05, 4.69) is 31.7 Å². The van der Waals surface area contributed by atoms with E-state index in [-0.39, 0.29) is 6.03 Å². The van der Waals surface area contributed by atoms with Gasteiger partial charge in [-0.2, -0.15) is 5.10 Å². The second kappa shape index (κ2) is 7.98. The van der Waals surface area contributed by atoms with Crippen LogP contribution in [0.5, 0.6) is 0 Å². The molecule has 0 atom stereocenters. The first-order chi connectivity index (χ1) is 12.1. The maximum Gasteiger partial charge on any atom is 0.319 e. The zero-order valence-electron chi connectivity index (χ0n) is 13.9. The molecule has 0 saturated heterocycles. The Hall–Kier alpha value is -2.60. The molecule has 0 aliphatic heterocycles. The summed E-state index contributed by atoms with van der Waals surface area (Å²) in [5.41, 5.74) is 4.07. The van der Waals surface area contributed by atoms with Crippen LogP contribution >= 0.6 is 15.9 Å². The maximum absolute atomic E-state index is 12.2. The number of carbonyl (C=O) groups is 1. The van der Waals surface area contributed by atoms with E-state index in [0.29, 0.717) is 13.1 Å². The Kier molecular flexibility index (Phi) is 5.50. The largest absolute Gasteiger partial charge is 0.334 e. The molecule has 0 fully saturated rings. The molecule has 3 aromatic rings. The standard InChI is InChI=1S/C19H19BrN4O/c1-14-7-8-18(17(20)11-14)23-19(25)21-12-15-5-2-3-6-16(15)13-24-10-4-9-22-24/h2-11H,12-13H2,1H3,(H2,21,23,25). The van der Waals surface area contributed by atoms with E-state index in [1.54, 1.807) is 6.20 Å². The number of anilines is 1. The van der Waals surface area contributed by atoms with Crippen LogP contribution in [0.15, 0.2) is 65.4 Å². The van der Waals surface area contributed by atoms with Gasteiger partial charge in [-0.1, -0.05) is 30.3 Å². The highest BCUT2D eigenvalue weighted by molar-refractivity contribution is 9.10. The normalized spacial score (nSPS) is 10.5. The van der Waals surface area contributed by atoms with Crippen LogP contribution in [0.1, 0.15) is 16.7 Å². The van der Waals surface area contributed by atoms with E-state index in [0.717, 1.165) is 26.9 Å². The van der Waals surface area contributed by atoms with Crippen LogP contribution in [0, 0.1) is 6.92 Å². The summed E-state index contributed by atoms with van der Waals surface area (Å²) in [5.74, 6) is 0. The highest BCUT2D eigenvalue weighted by atomic mass is 79.9. The highest BCUT2D eigenvalue weighted by Gasteiger charge is 2.07. The fraction of sp³-hybridized carbons (Fsp3) is 0.158. The lowest BCUT2D eigenvalue weighted by Crippen LogP contribution is -2.28. The Balaban J connectivity index is 1.62. The molecule has 5 nitrogen and oxygen atoms in total. The van der Waals surface area contributed by atoms with Gasteiger partial charge >= 0.3 is 6.03 Å². The third-order valence-electron chi connectivity index (χ3n) is 3.82. The number of urea groups is 1. The molecule has 0 radical (unpaired) electrons. The average molecular weight is 399 g/mol. The van der Waals surface area contributed by atoms with Gasteiger partial charge in [-0.25, -0.2) is 4.79 Å². The Morgan fingerprint density at radius 3 is 2.68 bits per heavy atom. The summed E-state index contributed by atoms with van der Waals surface area (Å²) >= 11 is 3.46. The molecule has 2 aromatic carbocycles. The highest BCUT2D eigenvalue weighted by Crippen LogP contribution is 2.23. The van der Waals surface area contributed by atoms with Crippen LogP contribution in [-0.2, 0) is 13.1 Å². The Morgan fingerprint density at radius 2 is 1.96 bits per heavy atom. The number of nitrogens with one attached hydrogen (secondary N) is 2. The van der Waals surface area contributed by atoms with Crippen molar-refractivity contribution >= 4 is 27.6 Å². The molecule has 25 heavy (non-hydrogen) atoms. The van der Waals surface area contributed by atoms with Crippen molar-refractivity contribution in [2.75, 3.05) is 5.32 Å². The van der Waals surface area contributed by atoms with Gasteiger partial charge in [0.15, 0.2) is 0 Å². The Bertz CT molecular complexity index is 862. The smallest absolute Gasteiger partial charge is 0.319 e. The van der Waals surface area contributed by atoms with Crippen LogP contribution in [0.25, 0.3) is 0 Å². The number of rotatable bonds is 5. The molecule has 0 bridgehead atoms. The molecule has 3 rings (SSSR count). The van der Waals surface area contributed by atoms with Crippen molar-refractivity contribution in [2.24, 2.45) is 0 Å². The van der Waals surface area contributed by atoms with Crippen molar-refractivity contribution in [3.63, 3.8) is 0 Å². The first-order valence-corrected chi connectivity index (χ1v) is 8.76. The molecule has 0 aliphatic carbocycles. The zero-order chi connectivity index (χ0) is 17.6. The van der Waals surface area contributed by atoms with Gasteiger partial charge in [0.05, 0.1) is 12.2 Å². The number of benzene rings is 2. The fourth-order valence-electron chi connectivity index (χ4n) is 2.52. The molecule has 1 heterocycles. The van der Waals surface area contributed by atoms with E-state index in [4.69, 9.17) is 0 Å². The van der Waals surface area contributed by atoms with Gasteiger partial charge in [-0.15, -0.1) is 0 Å². The molecular weight excluding hydrogens is 380 g/mol. The number of hydrogen-bond acceptors (Lipinski definition) is 2. The maximum atomic E-state index is 12.2. The number of nitrogens with zero attached hydrogens (tertiary/aromatic N) is 2. The number of aromatic nitrogens is 2. The summed E-state index contributed by atoms with van der Waals surface area (Å²) in [4.78, 5) is 12.2. The topological polar surface area (TPSA) is 59.0 Å². The minimum absolute atomic E-state index is 0.238. The molecule has 2 N–H and O–H groups in total. The summed E-state index contributed by atoms with van der Waals surface area (Å²) in [5, 5.41) is 10.00. The Morgan fingerprint density at radius 1 is 1.16 bits per heavy atom. The van der Waals surface area contributed by atoms with Gasteiger partial charge in [0.2, 0.25) is 0 Å². The van der Waals surface area contributed by atoms with Gasteiger partial charge < -0.3 is 10.6 Å². The zero-order valence-corrected chi connectivity index (χ0v) is 15.5. The van der Waals surface area contributed by atoms with Crippen molar-refractivity contribution in [1.82, 2.24) is 15.1 Å². The number of halogens is 1. The minimum Gasteiger partial charge on any atom is -0.334 e. The van der Waals surface area contributed by atoms with Gasteiger partial charge in [-0.05, 0) is 57.7 Å². The second-order valence-corrected chi connectivity index (χ2v) is 6.62. The molecule has 2 amide bonds. The molecule has 0 saturated carbocycles. The van der Waals surface area contributed by atoms with Crippen LogP contribution in [0.3, 0.4) is 0 Å². The van der Waals surface area contributed by atoms with Crippen molar-refractivity contribution in [3.05, 3.63) is 82.1 Å². The summed E-state index contributed by atoms with van der Waals surface area (Å²) in [6.07, 6.45) is 3.68. The molecule has 0 aliphatic rings. The van der Waals surface area contributed by atoms with E-state index in [1.165, 1.54) is 0 Å². The quantitative estimate of drug-likeness (QED) is 0.671. The van der Waals surface area contributed by atoms with E-state index >= 15 is 0 Å². The van der Waals surface area contributed by atoms with E-state index < -0.39 is 0 Å². The summed E-state index contributed by atoms with van der Waals surface area (Å²) in [6.45, 7) is 3.13. The third kappa shape index (κ3) is 4.70. The summed E-state index contributed by atoms with van der Waals surface area (Å²) in [6, 6.07) is 15.5. The summed E-state index contributed by atoms with van der Waals surface area (Å²) < 4.78 is 2.73. The van der Waals surface area contributed by atoms with Crippen LogP contribution in [0.4, 0.5) is 10.5 Å². The first-order valence-electron chi connectivity index (χ1n) is 7.97. The minimum atomic E-state index is -0.238. The molecule has 0 unspecified atom stereocenters. The number of amides is 2. The van der Waals surface area contributed by atoms with Crippen molar-refractivity contribution in [2.45, 2.75) is 20.0 Å². The van der Waals surface area contributed by atoms with Gasteiger partial charge in [-0.3, -0.25) is 4.68 Å². The van der Waals surface area contributed by atoms with E-state index in [9.17, 15) is 4.79 Å². The Labute approximate surface area is 155 Å². The van der Waals surface area contributed by atoms with Crippen molar-refractivity contribution < 1.29 is 4.79 Å². The first kappa shape index (κ1) is 17.2. The molecule has 128 valence electrons. The SMILES string of the molecule is Cc1ccc(NC(=O)NCc2ccccc2Cn2cccn2)c(Br)c1. The van der Waals surface area contributed by atoms with Crippen molar-refractivity contribution in [3.8, 4) is 0 Å². The summed E-state index contributed by atoms with van der Waals surface area (Å²) in [7, 11) is 0. The molecule has 0 spiro atoms. The lowest BCUT2D eigenvalue weighted by Gasteiger charge is -2.12. The number of hydrogen-bond donors (Lipinski definition) is 2. The average Bonchev–Trinajstić information content (AvgIpc) is 3.10. The number of aryl methyl sites for hydroxylation is 1. The molecule has 6 heteroatoms. The van der Waals surface area contributed by atoms with Gasteiger partial charge in [0, 0.05) is 23.4 Å². The predicted molar refractivity (Wildman–Crippen MR) is 103 cm³/mol. The lowest BCUT2D eigenvalue weighted by molar-refractivity contribution is 0.251.